The number of nitrogens with zero attached hydrogens (tertiary/aromatic N) is 1. The van der Waals surface area contributed by atoms with E-state index >= 15 is 0 Å². The molecular formula is C28H43Cl3N4. The highest BCUT2D eigenvalue weighted by atomic mass is 35.5. The molecule has 0 spiro atoms. The summed E-state index contributed by atoms with van der Waals surface area (Å²) in [6, 6.07) is 19.0. The molecule has 3 aliphatic rings. The van der Waals surface area contributed by atoms with E-state index in [9.17, 15) is 0 Å². The Bertz CT molecular complexity index is 872. The number of fused-ring (bicyclic) bond motifs is 2. The maximum absolute atomic E-state index is 2.60. The van der Waals surface area contributed by atoms with E-state index in [1.54, 1.807) is 4.90 Å². The number of likely N-dealkylation sites (N-methyl/N-ethyl adjacent to an activating group) is 1. The van der Waals surface area contributed by atoms with Crippen molar-refractivity contribution in [3.63, 3.8) is 0 Å². The molecule has 2 saturated heterocycles. The summed E-state index contributed by atoms with van der Waals surface area (Å²) in [6.07, 6.45) is 4.11. The van der Waals surface area contributed by atoms with Crippen LogP contribution in [0.5, 0.6) is 0 Å². The third kappa shape index (κ3) is 6.29. The molecule has 7 heteroatoms. The number of benzene rings is 2. The van der Waals surface area contributed by atoms with Crippen molar-refractivity contribution in [2.45, 2.75) is 44.6 Å². The van der Waals surface area contributed by atoms with Gasteiger partial charge in [0.1, 0.15) is 26.2 Å². The first kappa shape index (κ1) is 30.2. The van der Waals surface area contributed by atoms with Crippen LogP contribution in [0.25, 0.3) is 0 Å². The molecule has 4 nitrogen and oxygen atoms in total. The van der Waals surface area contributed by atoms with E-state index in [2.05, 4.69) is 74.3 Å². The maximum atomic E-state index is 2.60. The van der Waals surface area contributed by atoms with Crippen molar-refractivity contribution in [1.29, 1.82) is 0 Å². The molecule has 196 valence electrons. The lowest BCUT2D eigenvalue weighted by Gasteiger charge is -2.42. The molecule has 0 atom stereocenters. The lowest BCUT2D eigenvalue weighted by molar-refractivity contribution is -1.02. The third-order valence-electron chi connectivity index (χ3n) is 8.66. The summed E-state index contributed by atoms with van der Waals surface area (Å²) in [5.74, 6) is 0. The first-order chi connectivity index (χ1) is 15.5. The number of anilines is 2. The first-order valence-corrected chi connectivity index (χ1v) is 13.0. The number of hydrogen-bond donors (Lipinski definition) is 3. The fraction of sp³-hybridized carbons (Fsp3) is 0.571. The SMILES string of the molecule is C[NH+]1CC[NH+](C2CC[NH+](CCCN3c4ccccc4C(C)(C)c4ccccc43)CC2)CC1.[Cl-].[Cl-].[Cl-]. The van der Waals surface area contributed by atoms with Gasteiger partial charge in [-0.15, -0.1) is 0 Å². The van der Waals surface area contributed by atoms with E-state index in [0.29, 0.717) is 0 Å². The third-order valence-corrected chi connectivity index (χ3v) is 8.66. The molecular weight excluding hydrogens is 499 g/mol. The quantitative estimate of drug-likeness (QED) is 0.343. The summed E-state index contributed by atoms with van der Waals surface area (Å²) in [5, 5.41) is 0. The summed E-state index contributed by atoms with van der Waals surface area (Å²) in [7, 11) is 2.35. The van der Waals surface area contributed by atoms with Crippen molar-refractivity contribution >= 4 is 11.4 Å². The van der Waals surface area contributed by atoms with Gasteiger partial charge in [-0.3, -0.25) is 0 Å². The van der Waals surface area contributed by atoms with Crippen LogP contribution in [0.2, 0.25) is 0 Å². The number of rotatable bonds is 5. The minimum Gasteiger partial charge on any atom is -1.00 e. The highest BCUT2D eigenvalue weighted by molar-refractivity contribution is 5.77. The zero-order valence-electron chi connectivity index (χ0n) is 21.6. The number of piperidine rings is 1. The van der Waals surface area contributed by atoms with Gasteiger partial charge in [-0.05, 0) is 23.3 Å². The largest absolute Gasteiger partial charge is 1.00 e. The van der Waals surface area contributed by atoms with Crippen LogP contribution in [-0.4, -0.2) is 65.4 Å². The predicted molar refractivity (Wildman–Crippen MR) is 133 cm³/mol. The lowest BCUT2D eigenvalue weighted by Crippen LogP contribution is -3.29. The van der Waals surface area contributed by atoms with Gasteiger partial charge in [-0.2, -0.15) is 0 Å². The van der Waals surface area contributed by atoms with Crippen molar-refractivity contribution in [1.82, 2.24) is 0 Å². The van der Waals surface area contributed by atoms with E-state index in [0.717, 1.165) is 12.6 Å². The molecule has 3 heterocycles. The van der Waals surface area contributed by atoms with Crippen molar-refractivity contribution in [2.75, 3.05) is 64.3 Å². The molecule has 3 aliphatic heterocycles. The molecule has 0 aromatic heterocycles. The fourth-order valence-corrected chi connectivity index (χ4v) is 6.57. The van der Waals surface area contributed by atoms with Crippen molar-refractivity contribution in [2.24, 2.45) is 0 Å². The molecule has 2 aromatic rings. The van der Waals surface area contributed by atoms with Gasteiger partial charge in [0.2, 0.25) is 0 Å². The zero-order valence-corrected chi connectivity index (χ0v) is 23.8. The van der Waals surface area contributed by atoms with Gasteiger partial charge >= 0.3 is 0 Å². The van der Waals surface area contributed by atoms with Crippen LogP contribution in [0.4, 0.5) is 11.4 Å². The molecule has 0 amide bonds. The van der Waals surface area contributed by atoms with Gasteiger partial charge in [0.25, 0.3) is 0 Å². The van der Waals surface area contributed by atoms with Crippen LogP contribution in [0.3, 0.4) is 0 Å². The van der Waals surface area contributed by atoms with Gasteiger partial charge in [-0.1, -0.05) is 50.2 Å². The van der Waals surface area contributed by atoms with Crippen LogP contribution >= 0.6 is 0 Å². The predicted octanol–water partition coefficient (Wildman–Crippen LogP) is -8.67. The highest BCUT2D eigenvalue weighted by Gasteiger charge is 2.36. The summed E-state index contributed by atoms with van der Waals surface area (Å²) >= 11 is 0. The van der Waals surface area contributed by atoms with Crippen molar-refractivity contribution in [3.05, 3.63) is 59.7 Å². The highest BCUT2D eigenvalue weighted by Crippen LogP contribution is 2.48. The maximum Gasteiger partial charge on any atom is 0.127 e. The summed E-state index contributed by atoms with van der Waals surface area (Å²) in [4.78, 5) is 8.05. The zero-order chi connectivity index (χ0) is 22.1. The molecule has 0 saturated carbocycles. The Hall–Kier alpha value is -1.01. The topological polar surface area (TPSA) is 16.6 Å². The number of halogens is 3. The first-order valence-electron chi connectivity index (χ1n) is 13.0. The molecule has 35 heavy (non-hydrogen) atoms. The second kappa shape index (κ2) is 13.0. The second-order valence-corrected chi connectivity index (χ2v) is 11.1. The van der Waals surface area contributed by atoms with E-state index in [-0.39, 0.29) is 42.6 Å². The average Bonchev–Trinajstić information content (AvgIpc) is 2.82. The van der Waals surface area contributed by atoms with E-state index in [1.165, 1.54) is 87.6 Å². The van der Waals surface area contributed by atoms with Gasteiger partial charge in [0.15, 0.2) is 0 Å². The van der Waals surface area contributed by atoms with E-state index < -0.39 is 0 Å². The monoisotopic (exact) mass is 540 g/mol. The van der Waals surface area contributed by atoms with Crippen LogP contribution in [0.1, 0.15) is 44.2 Å². The van der Waals surface area contributed by atoms with Crippen LogP contribution in [0, 0.1) is 0 Å². The van der Waals surface area contributed by atoms with Crippen molar-refractivity contribution < 1.29 is 51.9 Å². The average molecular weight is 542 g/mol. The summed E-state index contributed by atoms with van der Waals surface area (Å²) in [6.45, 7) is 15.4. The van der Waals surface area contributed by atoms with E-state index in [1.807, 2.05) is 9.80 Å². The molecule has 0 aliphatic carbocycles. The number of quaternary nitrogens is 3. The van der Waals surface area contributed by atoms with Crippen LogP contribution < -0.4 is 56.8 Å². The van der Waals surface area contributed by atoms with Crippen LogP contribution in [0.15, 0.2) is 48.5 Å². The molecule has 3 N–H and O–H groups in total. The normalized spacial score (nSPS) is 26.8. The fourth-order valence-electron chi connectivity index (χ4n) is 6.57. The number of para-hydroxylation sites is 2. The Morgan fingerprint density at radius 2 is 1.29 bits per heavy atom. The molecule has 2 fully saturated rings. The Labute approximate surface area is 231 Å². The molecule has 0 bridgehead atoms. The van der Waals surface area contributed by atoms with Gasteiger partial charge in [-0.25, -0.2) is 0 Å². The Balaban J connectivity index is 0.00000144. The smallest absolute Gasteiger partial charge is 0.127 e. The van der Waals surface area contributed by atoms with Gasteiger partial charge in [0.05, 0.1) is 32.7 Å². The van der Waals surface area contributed by atoms with Crippen LogP contribution in [-0.2, 0) is 5.41 Å². The van der Waals surface area contributed by atoms with Gasteiger partial charge in [0, 0.05) is 42.6 Å². The van der Waals surface area contributed by atoms with Crippen molar-refractivity contribution in [3.8, 4) is 0 Å². The minimum absolute atomic E-state index is 0. The van der Waals surface area contributed by atoms with Gasteiger partial charge < -0.3 is 56.8 Å². The number of nitrogens with one attached hydrogen (secondary N) is 3. The number of hydrogen-bond acceptors (Lipinski definition) is 1. The number of piperazine rings is 1. The Morgan fingerprint density at radius 3 is 1.83 bits per heavy atom. The second-order valence-electron chi connectivity index (χ2n) is 11.1. The lowest BCUT2D eigenvalue weighted by atomic mass is 9.73. The Morgan fingerprint density at radius 1 is 0.771 bits per heavy atom. The van der Waals surface area contributed by atoms with E-state index in [4.69, 9.17) is 0 Å². The number of likely N-dealkylation sites (tertiary alicyclic amines) is 1. The minimum atomic E-state index is 0. The Kier molecular flexibility index (Phi) is 11.2. The molecule has 5 rings (SSSR count). The summed E-state index contributed by atoms with van der Waals surface area (Å²) in [5.41, 5.74) is 5.80. The standard InChI is InChI=1S/C28H40N4.3ClH/c1-28(2)24-9-4-6-11-26(24)32(27-12-7-5-10-25(27)28)16-8-15-30-17-13-23(14-18-30)31-21-19-29(3)20-22-31;;;/h4-7,9-12,23H,8,13-22H2,1-3H3;3*1H. The molecule has 2 aromatic carbocycles. The molecule has 0 unspecified atom stereocenters. The molecule has 0 radical (unpaired) electrons. The summed E-state index contributed by atoms with van der Waals surface area (Å²) < 4.78 is 0.